The monoisotopic (exact) mass is 612 g/mol. The van der Waals surface area contributed by atoms with Crippen LogP contribution >= 0.6 is 0 Å². The third-order valence-corrected chi connectivity index (χ3v) is 7.39. The van der Waals surface area contributed by atoms with Gasteiger partial charge in [0.1, 0.15) is 5.60 Å². The molecule has 0 fully saturated rings. The lowest BCUT2D eigenvalue weighted by molar-refractivity contribution is -0.171. The van der Waals surface area contributed by atoms with Crippen molar-refractivity contribution < 1.29 is 33.6 Å². The first-order valence-electron chi connectivity index (χ1n) is 14.7. The van der Waals surface area contributed by atoms with Gasteiger partial charge in [-0.2, -0.15) is 0 Å². The van der Waals surface area contributed by atoms with Crippen LogP contribution in [0.2, 0.25) is 0 Å². The zero-order valence-corrected chi connectivity index (χ0v) is 26.4. The van der Waals surface area contributed by atoms with E-state index in [0.29, 0.717) is 47.0 Å². The van der Waals surface area contributed by atoms with Crippen LogP contribution in [0.3, 0.4) is 0 Å². The van der Waals surface area contributed by atoms with Crippen LogP contribution in [0.25, 0.3) is 6.08 Å². The van der Waals surface area contributed by atoms with Gasteiger partial charge >= 0.3 is 12.0 Å². The SMILES string of the molecule is COc1cc(/C=C/COC(CCCc2ccccc2)(c2ccccc2)C(Oc2nc(C)cc(C)n2)C(=O)O)cc(OC)c1OC. The molecular weight excluding hydrogens is 572 g/mol. The zero-order chi connectivity index (χ0) is 32.2. The van der Waals surface area contributed by atoms with Crippen LogP contribution in [0.15, 0.2) is 84.9 Å². The van der Waals surface area contributed by atoms with Crippen LogP contribution < -0.4 is 18.9 Å². The Kier molecular flexibility index (Phi) is 11.5. The van der Waals surface area contributed by atoms with Gasteiger partial charge in [0.25, 0.3) is 0 Å². The lowest BCUT2D eigenvalue weighted by Crippen LogP contribution is -2.50. The lowest BCUT2D eigenvalue weighted by Gasteiger charge is -2.38. The summed E-state index contributed by atoms with van der Waals surface area (Å²) < 4.78 is 29.2. The molecule has 45 heavy (non-hydrogen) atoms. The summed E-state index contributed by atoms with van der Waals surface area (Å²) in [7, 11) is 4.67. The molecule has 0 aliphatic heterocycles. The second kappa shape index (κ2) is 15.7. The molecule has 0 bridgehead atoms. The number of aryl methyl sites for hydroxylation is 3. The minimum atomic E-state index is -1.45. The molecule has 1 N–H and O–H groups in total. The fraction of sp³-hybridized carbons (Fsp3) is 0.306. The van der Waals surface area contributed by atoms with E-state index in [0.717, 1.165) is 17.5 Å². The minimum Gasteiger partial charge on any atom is -0.493 e. The molecule has 2 unspecified atom stereocenters. The van der Waals surface area contributed by atoms with Crippen LogP contribution in [0.1, 0.15) is 40.9 Å². The Morgan fingerprint density at radius 1 is 0.867 bits per heavy atom. The third kappa shape index (κ3) is 8.39. The molecule has 9 nitrogen and oxygen atoms in total. The molecule has 0 saturated carbocycles. The van der Waals surface area contributed by atoms with Crippen LogP contribution in [-0.4, -0.2) is 55.1 Å². The average molecular weight is 613 g/mol. The third-order valence-electron chi connectivity index (χ3n) is 7.39. The molecular formula is C36H40N2O7. The molecule has 4 rings (SSSR count). The first-order chi connectivity index (χ1) is 21.8. The molecule has 0 spiro atoms. The molecule has 4 aromatic rings. The maximum absolute atomic E-state index is 13.1. The van der Waals surface area contributed by atoms with Gasteiger partial charge in [-0.3, -0.25) is 0 Å². The summed E-state index contributed by atoms with van der Waals surface area (Å²) in [6.07, 6.45) is 3.94. The minimum absolute atomic E-state index is 0.0140. The highest BCUT2D eigenvalue weighted by Gasteiger charge is 2.48. The summed E-state index contributed by atoms with van der Waals surface area (Å²) in [4.78, 5) is 21.8. The predicted molar refractivity (Wildman–Crippen MR) is 172 cm³/mol. The van der Waals surface area contributed by atoms with E-state index in [-0.39, 0.29) is 12.6 Å². The van der Waals surface area contributed by atoms with Gasteiger partial charge < -0.3 is 28.8 Å². The van der Waals surface area contributed by atoms with Gasteiger partial charge in [-0.15, -0.1) is 0 Å². The molecule has 9 heteroatoms. The number of carboxylic acids is 1. The standard InChI is InChI=1S/C36H40N2O7/c1-25-22-26(2)38-35(37-25)45-33(34(39)40)36(29-18-10-7-11-19-29,20-12-16-27-14-8-6-9-15-27)44-21-13-17-28-23-30(41-3)32(43-5)31(24-28)42-4/h6-11,13-15,17-19,22-24,33H,12,16,20-21H2,1-5H3,(H,39,40)/b17-13+. The smallest absolute Gasteiger partial charge is 0.348 e. The number of carboxylic acid groups (broad SMARTS) is 1. The van der Waals surface area contributed by atoms with E-state index in [1.54, 1.807) is 27.4 Å². The number of hydrogen-bond acceptors (Lipinski definition) is 8. The summed E-state index contributed by atoms with van der Waals surface area (Å²) in [5.74, 6) is 0.342. The van der Waals surface area contributed by atoms with Gasteiger partial charge in [0.2, 0.25) is 11.9 Å². The molecule has 0 saturated heterocycles. The van der Waals surface area contributed by atoms with Crippen molar-refractivity contribution >= 4 is 12.0 Å². The Hall–Kier alpha value is -4.89. The highest BCUT2D eigenvalue weighted by atomic mass is 16.6. The molecule has 236 valence electrons. The van der Waals surface area contributed by atoms with Crippen molar-refractivity contribution in [2.75, 3.05) is 27.9 Å². The van der Waals surface area contributed by atoms with Crippen LogP contribution in [-0.2, 0) is 21.6 Å². The van der Waals surface area contributed by atoms with E-state index in [1.165, 1.54) is 0 Å². The molecule has 0 aliphatic rings. The average Bonchev–Trinajstić information content (AvgIpc) is 3.04. The zero-order valence-electron chi connectivity index (χ0n) is 26.4. The van der Waals surface area contributed by atoms with E-state index >= 15 is 0 Å². The van der Waals surface area contributed by atoms with Crippen molar-refractivity contribution in [2.24, 2.45) is 0 Å². The van der Waals surface area contributed by atoms with Crippen molar-refractivity contribution in [3.63, 3.8) is 0 Å². The second-order valence-electron chi connectivity index (χ2n) is 10.5. The van der Waals surface area contributed by atoms with Crippen molar-refractivity contribution in [1.82, 2.24) is 9.97 Å². The summed E-state index contributed by atoms with van der Waals surface area (Å²) in [6.45, 7) is 3.70. The number of methoxy groups -OCH3 is 3. The number of ether oxygens (including phenoxy) is 5. The van der Waals surface area contributed by atoms with Gasteiger partial charge in [0.15, 0.2) is 11.5 Å². The maximum Gasteiger partial charge on any atom is 0.348 e. The molecule has 3 aromatic carbocycles. The second-order valence-corrected chi connectivity index (χ2v) is 10.5. The van der Waals surface area contributed by atoms with E-state index < -0.39 is 17.7 Å². The van der Waals surface area contributed by atoms with Gasteiger partial charge in [0, 0.05) is 11.4 Å². The molecule has 0 radical (unpaired) electrons. The largest absolute Gasteiger partial charge is 0.493 e. The number of aromatic nitrogens is 2. The molecule has 1 aromatic heterocycles. The van der Waals surface area contributed by atoms with Crippen molar-refractivity contribution in [2.45, 2.75) is 44.8 Å². The van der Waals surface area contributed by atoms with Gasteiger partial charge in [-0.1, -0.05) is 72.8 Å². The Balaban J connectivity index is 1.72. The van der Waals surface area contributed by atoms with E-state index in [2.05, 4.69) is 22.1 Å². The normalized spacial score (nSPS) is 13.2. The summed E-state index contributed by atoms with van der Waals surface area (Å²) in [5, 5.41) is 10.7. The number of rotatable bonds is 16. The maximum atomic E-state index is 13.1. The number of carbonyl (C=O) groups is 1. The number of hydrogen-bond donors (Lipinski definition) is 1. The Morgan fingerprint density at radius 2 is 1.47 bits per heavy atom. The number of nitrogens with zero attached hydrogens (tertiary/aromatic N) is 2. The lowest BCUT2D eigenvalue weighted by atomic mass is 9.82. The fourth-order valence-corrected chi connectivity index (χ4v) is 5.35. The molecule has 0 aliphatic carbocycles. The van der Waals surface area contributed by atoms with Gasteiger partial charge in [0.05, 0.1) is 27.9 Å². The highest BCUT2D eigenvalue weighted by molar-refractivity contribution is 5.75. The van der Waals surface area contributed by atoms with Crippen molar-refractivity contribution in [1.29, 1.82) is 0 Å². The Labute approximate surface area is 264 Å². The fourth-order valence-electron chi connectivity index (χ4n) is 5.35. The number of aliphatic carboxylic acids is 1. The van der Waals surface area contributed by atoms with Gasteiger partial charge in [-0.05, 0) is 68.0 Å². The van der Waals surface area contributed by atoms with Crippen LogP contribution in [0, 0.1) is 13.8 Å². The van der Waals surface area contributed by atoms with Crippen LogP contribution in [0.5, 0.6) is 23.3 Å². The van der Waals surface area contributed by atoms with Crippen molar-refractivity contribution in [3.8, 4) is 23.3 Å². The topological polar surface area (TPSA) is 109 Å². The summed E-state index contributed by atoms with van der Waals surface area (Å²) in [6, 6.07) is 24.8. The van der Waals surface area contributed by atoms with E-state index in [4.69, 9.17) is 23.7 Å². The van der Waals surface area contributed by atoms with E-state index in [1.807, 2.05) is 86.7 Å². The number of benzene rings is 3. The van der Waals surface area contributed by atoms with Gasteiger partial charge in [-0.25, -0.2) is 14.8 Å². The Morgan fingerprint density at radius 3 is 2.02 bits per heavy atom. The molecule has 1 heterocycles. The highest BCUT2D eigenvalue weighted by Crippen LogP contribution is 2.39. The molecule has 2 atom stereocenters. The predicted octanol–water partition coefficient (Wildman–Crippen LogP) is 6.60. The first-order valence-corrected chi connectivity index (χ1v) is 14.7. The first kappa shape index (κ1) is 33.0. The van der Waals surface area contributed by atoms with Crippen molar-refractivity contribution in [3.05, 3.63) is 113 Å². The summed E-state index contributed by atoms with van der Waals surface area (Å²) >= 11 is 0. The Bertz CT molecular complexity index is 1530. The van der Waals surface area contributed by atoms with E-state index in [9.17, 15) is 9.90 Å². The summed E-state index contributed by atoms with van der Waals surface area (Å²) in [5.41, 5.74) is 2.57. The molecule has 0 amide bonds. The quantitative estimate of drug-likeness (QED) is 0.150. The van der Waals surface area contributed by atoms with Crippen LogP contribution in [0.4, 0.5) is 0 Å².